The summed E-state index contributed by atoms with van der Waals surface area (Å²) in [4.78, 5) is 25.3. The fourth-order valence-corrected chi connectivity index (χ4v) is 3.52. The van der Waals surface area contributed by atoms with Crippen molar-refractivity contribution in [1.29, 1.82) is 0 Å². The van der Waals surface area contributed by atoms with E-state index in [2.05, 4.69) is 10.4 Å². The summed E-state index contributed by atoms with van der Waals surface area (Å²) in [6.07, 6.45) is 1.99. The van der Waals surface area contributed by atoms with Crippen molar-refractivity contribution >= 4 is 12.0 Å². The molecule has 3 rings (SSSR count). The number of nitrogens with zero attached hydrogens (tertiary/aromatic N) is 3. The number of hydrogen-bond donors (Lipinski definition) is 2. The largest absolute Gasteiger partial charge is 0.481 e. The van der Waals surface area contributed by atoms with Crippen molar-refractivity contribution in [3.8, 4) is 5.69 Å². The van der Waals surface area contributed by atoms with Crippen LogP contribution in [-0.2, 0) is 11.2 Å². The Morgan fingerprint density at radius 1 is 1.33 bits per heavy atom. The fraction of sp³-hybridized carbons (Fsp3) is 0.450. The van der Waals surface area contributed by atoms with Gasteiger partial charge >= 0.3 is 12.0 Å². The van der Waals surface area contributed by atoms with Gasteiger partial charge in [-0.25, -0.2) is 9.48 Å². The second kappa shape index (κ2) is 8.24. The fourth-order valence-electron chi connectivity index (χ4n) is 3.52. The number of nitrogens with one attached hydrogen (secondary N) is 1. The van der Waals surface area contributed by atoms with Gasteiger partial charge < -0.3 is 15.3 Å². The topological polar surface area (TPSA) is 87.5 Å². The van der Waals surface area contributed by atoms with E-state index in [0.717, 1.165) is 23.5 Å². The predicted octanol–water partition coefficient (Wildman–Crippen LogP) is 2.62. The van der Waals surface area contributed by atoms with Gasteiger partial charge in [0.15, 0.2) is 0 Å². The molecule has 2 N–H and O–H groups in total. The summed E-state index contributed by atoms with van der Waals surface area (Å²) in [5, 5.41) is 16.7. The summed E-state index contributed by atoms with van der Waals surface area (Å²) in [7, 11) is 0. The molecule has 2 amide bonds. The van der Waals surface area contributed by atoms with Crippen LogP contribution in [0.4, 0.5) is 4.79 Å². The van der Waals surface area contributed by atoms with Gasteiger partial charge in [-0.1, -0.05) is 18.2 Å². The highest BCUT2D eigenvalue weighted by molar-refractivity contribution is 5.76. The Bertz CT molecular complexity index is 803. The standard InChI is InChI=1S/C20H26N4O3/c1-14(21-20(27)23-10-6-7-16(13-23)19(25)26)11-18-12-15(2)22-24(18)17-8-4-3-5-9-17/h3-5,8-9,12,14,16H,6-7,10-11,13H2,1-2H3,(H,21,27)(H,25,26). The van der Waals surface area contributed by atoms with Gasteiger partial charge in [0, 0.05) is 31.2 Å². The van der Waals surface area contributed by atoms with Crippen molar-refractivity contribution in [1.82, 2.24) is 20.0 Å². The van der Waals surface area contributed by atoms with Crippen LogP contribution in [0.1, 0.15) is 31.2 Å². The van der Waals surface area contributed by atoms with Gasteiger partial charge in [0.2, 0.25) is 0 Å². The molecule has 2 unspecified atom stereocenters. The van der Waals surface area contributed by atoms with E-state index in [0.29, 0.717) is 19.4 Å². The number of aryl methyl sites for hydroxylation is 1. The number of carboxylic acids is 1. The number of carbonyl (C=O) groups is 2. The lowest BCUT2D eigenvalue weighted by Crippen LogP contribution is -2.49. The molecule has 27 heavy (non-hydrogen) atoms. The number of rotatable bonds is 5. The number of amides is 2. The van der Waals surface area contributed by atoms with Crippen LogP contribution in [-0.4, -0.2) is 50.9 Å². The first-order chi connectivity index (χ1) is 12.9. The van der Waals surface area contributed by atoms with E-state index in [9.17, 15) is 14.7 Å². The van der Waals surface area contributed by atoms with Gasteiger partial charge in [0.25, 0.3) is 0 Å². The van der Waals surface area contributed by atoms with Crippen molar-refractivity contribution in [3.63, 3.8) is 0 Å². The molecule has 0 aliphatic carbocycles. The summed E-state index contributed by atoms with van der Waals surface area (Å²) in [6, 6.07) is 11.6. The van der Waals surface area contributed by atoms with E-state index in [4.69, 9.17) is 0 Å². The Kier molecular flexibility index (Phi) is 5.78. The normalized spacial score (nSPS) is 18.1. The Hall–Kier alpha value is -2.83. The lowest BCUT2D eigenvalue weighted by molar-refractivity contribution is -0.143. The van der Waals surface area contributed by atoms with Gasteiger partial charge in [-0.2, -0.15) is 5.10 Å². The predicted molar refractivity (Wildman–Crippen MR) is 102 cm³/mol. The molecule has 7 heteroatoms. The molecule has 1 aliphatic rings. The molecule has 1 aromatic heterocycles. The summed E-state index contributed by atoms with van der Waals surface area (Å²) in [6.45, 7) is 4.78. The van der Waals surface area contributed by atoms with Gasteiger partial charge in [0.05, 0.1) is 17.3 Å². The Labute approximate surface area is 159 Å². The third kappa shape index (κ3) is 4.67. The van der Waals surface area contributed by atoms with E-state index < -0.39 is 11.9 Å². The molecule has 0 radical (unpaired) electrons. The number of carbonyl (C=O) groups excluding carboxylic acids is 1. The Morgan fingerprint density at radius 3 is 2.78 bits per heavy atom. The molecule has 7 nitrogen and oxygen atoms in total. The van der Waals surface area contributed by atoms with E-state index in [1.807, 2.05) is 54.9 Å². The summed E-state index contributed by atoms with van der Waals surface area (Å²) < 4.78 is 1.90. The van der Waals surface area contributed by atoms with Gasteiger partial charge in [-0.3, -0.25) is 4.79 Å². The molecule has 1 aliphatic heterocycles. The van der Waals surface area contributed by atoms with E-state index >= 15 is 0 Å². The minimum absolute atomic E-state index is 0.0960. The molecule has 0 bridgehead atoms. The maximum atomic E-state index is 12.5. The SMILES string of the molecule is Cc1cc(CC(C)NC(=O)N2CCCC(C(=O)O)C2)n(-c2ccccc2)n1. The lowest BCUT2D eigenvalue weighted by Gasteiger charge is -2.31. The van der Waals surface area contributed by atoms with Crippen LogP contribution in [0.5, 0.6) is 0 Å². The number of benzene rings is 1. The van der Waals surface area contributed by atoms with Crippen LogP contribution in [0.2, 0.25) is 0 Å². The van der Waals surface area contributed by atoms with Crippen LogP contribution in [0.3, 0.4) is 0 Å². The smallest absolute Gasteiger partial charge is 0.317 e. The number of aliphatic carboxylic acids is 1. The van der Waals surface area contributed by atoms with Gasteiger partial charge in [0.1, 0.15) is 0 Å². The second-order valence-corrected chi connectivity index (χ2v) is 7.20. The van der Waals surface area contributed by atoms with E-state index in [-0.39, 0.29) is 18.6 Å². The third-order valence-corrected chi connectivity index (χ3v) is 4.85. The highest BCUT2D eigenvalue weighted by Gasteiger charge is 2.28. The molecule has 2 atom stereocenters. The van der Waals surface area contributed by atoms with Gasteiger partial charge in [-0.15, -0.1) is 0 Å². The zero-order chi connectivity index (χ0) is 19.4. The molecular weight excluding hydrogens is 344 g/mol. The van der Waals surface area contributed by atoms with Crippen molar-refractivity contribution in [2.45, 2.75) is 39.2 Å². The van der Waals surface area contributed by atoms with Crippen molar-refractivity contribution in [3.05, 3.63) is 47.8 Å². The minimum atomic E-state index is -0.831. The minimum Gasteiger partial charge on any atom is -0.481 e. The molecule has 0 spiro atoms. The maximum Gasteiger partial charge on any atom is 0.317 e. The molecule has 1 saturated heterocycles. The van der Waals surface area contributed by atoms with Crippen LogP contribution >= 0.6 is 0 Å². The first-order valence-corrected chi connectivity index (χ1v) is 9.33. The number of carboxylic acid groups (broad SMARTS) is 1. The zero-order valence-electron chi connectivity index (χ0n) is 15.8. The summed E-state index contributed by atoms with van der Waals surface area (Å²) >= 11 is 0. The number of likely N-dealkylation sites (tertiary alicyclic amines) is 1. The highest BCUT2D eigenvalue weighted by atomic mass is 16.4. The number of hydrogen-bond acceptors (Lipinski definition) is 3. The van der Waals surface area contributed by atoms with Gasteiger partial charge in [-0.05, 0) is 44.9 Å². The number of aromatic nitrogens is 2. The first-order valence-electron chi connectivity index (χ1n) is 9.33. The van der Waals surface area contributed by atoms with Crippen molar-refractivity contribution in [2.75, 3.05) is 13.1 Å². The summed E-state index contributed by atoms with van der Waals surface area (Å²) in [5.74, 6) is -1.30. The quantitative estimate of drug-likeness (QED) is 0.847. The number of para-hydroxylation sites is 1. The number of urea groups is 1. The highest BCUT2D eigenvalue weighted by Crippen LogP contribution is 2.17. The van der Waals surface area contributed by atoms with E-state index in [1.165, 1.54) is 0 Å². The van der Waals surface area contributed by atoms with Crippen LogP contribution in [0.25, 0.3) is 5.69 Å². The molecule has 1 fully saturated rings. The molecule has 2 heterocycles. The molecular formula is C20H26N4O3. The zero-order valence-corrected chi connectivity index (χ0v) is 15.8. The monoisotopic (exact) mass is 370 g/mol. The molecule has 2 aromatic rings. The molecule has 1 aromatic carbocycles. The van der Waals surface area contributed by atoms with Crippen LogP contribution in [0, 0.1) is 12.8 Å². The second-order valence-electron chi connectivity index (χ2n) is 7.20. The van der Waals surface area contributed by atoms with Crippen LogP contribution < -0.4 is 5.32 Å². The number of piperidine rings is 1. The molecule has 144 valence electrons. The van der Waals surface area contributed by atoms with E-state index in [1.54, 1.807) is 4.90 Å². The first kappa shape index (κ1) is 18.9. The lowest BCUT2D eigenvalue weighted by atomic mass is 9.99. The third-order valence-electron chi connectivity index (χ3n) is 4.85. The average molecular weight is 370 g/mol. The molecule has 0 saturated carbocycles. The van der Waals surface area contributed by atoms with Crippen LogP contribution in [0.15, 0.2) is 36.4 Å². The Morgan fingerprint density at radius 2 is 2.07 bits per heavy atom. The maximum absolute atomic E-state index is 12.5. The van der Waals surface area contributed by atoms with Crippen molar-refractivity contribution < 1.29 is 14.7 Å². The summed E-state index contributed by atoms with van der Waals surface area (Å²) in [5.41, 5.74) is 2.93. The Balaban J connectivity index is 1.64. The van der Waals surface area contributed by atoms with Crippen molar-refractivity contribution in [2.24, 2.45) is 5.92 Å². The average Bonchev–Trinajstić information content (AvgIpc) is 3.02.